The van der Waals surface area contributed by atoms with Gasteiger partial charge in [-0.15, -0.1) is 0 Å². The minimum atomic E-state index is -2.71. The van der Waals surface area contributed by atoms with E-state index >= 15 is 0 Å². The highest BCUT2D eigenvalue weighted by Gasteiger charge is 2.20. The molecule has 0 spiro atoms. The molecule has 0 aromatic carbocycles. The third-order valence-corrected chi connectivity index (χ3v) is 2.18. The van der Waals surface area contributed by atoms with Gasteiger partial charge in [0.15, 0.2) is 0 Å². The summed E-state index contributed by atoms with van der Waals surface area (Å²) in [5, 5.41) is 8.63. The molecule has 0 fully saturated rings. The molecule has 0 aliphatic rings. The molecule has 0 aliphatic heterocycles. The van der Waals surface area contributed by atoms with Gasteiger partial charge < -0.3 is 10.5 Å². The van der Waals surface area contributed by atoms with Gasteiger partial charge in [-0.3, -0.25) is 4.98 Å². The Morgan fingerprint density at radius 3 is 2.69 bits per heavy atom. The van der Waals surface area contributed by atoms with Crippen molar-refractivity contribution < 1.29 is 13.5 Å². The van der Waals surface area contributed by atoms with Crippen LogP contribution in [0.5, 0.6) is 5.75 Å². The first-order valence-electron chi connectivity index (χ1n) is 4.55. The second-order valence-corrected chi connectivity index (χ2v) is 3.01. The van der Waals surface area contributed by atoms with Gasteiger partial charge in [0.2, 0.25) is 0 Å². The second-order valence-electron chi connectivity index (χ2n) is 3.01. The van der Waals surface area contributed by atoms with Crippen LogP contribution in [0, 0.1) is 11.3 Å². The van der Waals surface area contributed by atoms with Crippen molar-refractivity contribution in [2.75, 3.05) is 7.11 Å². The summed E-state index contributed by atoms with van der Waals surface area (Å²) in [6.45, 7) is -0.0963. The summed E-state index contributed by atoms with van der Waals surface area (Å²) in [4.78, 5) is 3.60. The van der Waals surface area contributed by atoms with Crippen molar-refractivity contribution in [3.8, 4) is 11.8 Å². The first-order valence-corrected chi connectivity index (χ1v) is 4.55. The van der Waals surface area contributed by atoms with Crippen LogP contribution < -0.4 is 10.5 Å². The minimum absolute atomic E-state index is 0.0298. The maximum atomic E-state index is 12.6. The number of halogens is 2. The van der Waals surface area contributed by atoms with Gasteiger partial charge in [0.1, 0.15) is 11.4 Å². The minimum Gasteiger partial charge on any atom is -0.495 e. The molecule has 0 saturated carbocycles. The number of hydrogen-bond donors (Lipinski definition) is 1. The monoisotopic (exact) mass is 227 g/mol. The Labute approximate surface area is 91.7 Å². The number of ether oxygens (including phenoxy) is 1. The summed E-state index contributed by atoms with van der Waals surface area (Å²) in [7, 11) is 1.39. The third-order valence-electron chi connectivity index (χ3n) is 2.18. The highest BCUT2D eigenvalue weighted by atomic mass is 19.3. The zero-order chi connectivity index (χ0) is 12.1. The molecule has 6 heteroatoms. The van der Waals surface area contributed by atoms with Crippen LogP contribution in [0.2, 0.25) is 0 Å². The van der Waals surface area contributed by atoms with E-state index in [1.54, 1.807) is 0 Å². The van der Waals surface area contributed by atoms with E-state index in [1.807, 2.05) is 6.07 Å². The van der Waals surface area contributed by atoms with Crippen molar-refractivity contribution in [1.29, 1.82) is 5.26 Å². The predicted octanol–water partition coefficient (Wildman–Crippen LogP) is 1.55. The Morgan fingerprint density at radius 1 is 1.56 bits per heavy atom. The molecule has 1 aromatic heterocycles. The topological polar surface area (TPSA) is 71.9 Å². The van der Waals surface area contributed by atoms with E-state index in [2.05, 4.69) is 4.98 Å². The number of pyridine rings is 1. The molecule has 1 rings (SSSR count). The van der Waals surface area contributed by atoms with Gasteiger partial charge in [-0.1, -0.05) is 0 Å². The molecule has 1 heterocycles. The summed E-state index contributed by atoms with van der Waals surface area (Å²) in [6.07, 6.45) is -1.55. The van der Waals surface area contributed by atoms with Gasteiger partial charge in [0.05, 0.1) is 25.8 Å². The molecule has 0 aliphatic carbocycles. The second kappa shape index (κ2) is 5.37. The van der Waals surface area contributed by atoms with Crippen molar-refractivity contribution in [2.24, 2.45) is 5.73 Å². The standard InChI is InChI=1S/C10H11F2N3O/c1-16-8-5-15-9(10(11)12)7(4-14)6(8)2-3-13/h5,10H,2,4,14H2,1H3. The molecule has 0 unspecified atom stereocenters. The fraction of sp³-hybridized carbons (Fsp3) is 0.400. The Balaban J connectivity index is 3.38. The maximum Gasteiger partial charge on any atom is 0.280 e. The van der Waals surface area contributed by atoms with Gasteiger partial charge >= 0.3 is 0 Å². The number of alkyl halides is 2. The predicted molar refractivity (Wildman–Crippen MR) is 53.0 cm³/mol. The molecule has 0 bridgehead atoms. The molecule has 0 amide bonds. The van der Waals surface area contributed by atoms with Gasteiger partial charge in [-0.2, -0.15) is 5.26 Å². The van der Waals surface area contributed by atoms with Crippen molar-refractivity contribution in [3.05, 3.63) is 23.0 Å². The quantitative estimate of drug-likeness (QED) is 0.847. The molecule has 0 atom stereocenters. The SMILES string of the molecule is COc1cnc(C(F)F)c(CN)c1CC#N. The van der Waals surface area contributed by atoms with Crippen molar-refractivity contribution >= 4 is 0 Å². The van der Waals surface area contributed by atoms with Gasteiger partial charge in [-0.25, -0.2) is 8.78 Å². The zero-order valence-corrected chi connectivity index (χ0v) is 8.70. The summed E-state index contributed by atoms with van der Waals surface area (Å²) in [5.41, 5.74) is 5.60. The summed E-state index contributed by atoms with van der Waals surface area (Å²) >= 11 is 0. The lowest BCUT2D eigenvalue weighted by Gasteiger charge is -2.13. The van der Waals surface area contributed by atoms with Gasteiger partial charge in [0.25, 0.3) is 6.43 Å². The zero-order valence-electron chi connectivity index (χ0n) is 8.70. The molecule has 86 valence electrons. The van der Waals surface area contributed by atoms with Crippen LogP contribution in [0.4, 0.5) is 8.78 Å². The highest BCUT2D eigenvalue weighted by Crippen LogP contribution is 2.29. The Bertz CT molecular complexity index is 415. The lowest BCUT2D eigenvalue weighted by Crippen LogP contribution is -2.10. The van der Waals surface area contributed by atoms with Crippen LogP contribution >= 0.6 is 0 Å². The molecule has 0 radical (unpaired) electrons. The number of hydrogen-bond acceptors (Lipinski definition) is 4. The van der Waals surface area contributed by atoms with Crippen LogP contribution in [0.15, 0.2) is 6.20 Å². The van der Waals surface area contributed by atoms with Crippen LogP contribution in [-0.2, 0) is 13.0 Å². The fourth-order valence-corrected chi connectivity index (χ4v) is 1.45. The van der Waals surface area contributed by atoms with Crippen LogP contribution in [-0.4, -0.2) is 12.1 Å². The van der Waals surface area contributed by atoms with Crippen LogP contribution in [0.25, 0.3) is 0 Å². The number of aromatic nitrogens is 1. The molecule has 4 nitrogen and oxygen atoms in total. The van der Waals surface area contributed by atoms with Crippen LogP contribution in [0.3, 0.4) is 0 Å². The van der Waals surface area contributed by atoms with Gasteiger partial charge in [0, 0.05) is 17.7 Å². The van der Waals surface area contributed by atoms with E-state index in [1.165, 1.54) is 13.3 Å². The highest BCUT2D eigenvalue weighted by molar-refractivity contribution is 5.43. The Morgan fingerprint density at radius 2 is 2.25 bits per heavy atom. The number of nitrogens with zero attached hydrogens (tertiary/aromatic N) is 2. The maximum absolute atomic E-state index is 12.6. The van der Waals surface area contributed by atoms with Crippen molar-refractivity contribution in [3.63, 3.8) is 0 Å². The molecule has 0 saturated heterocycles. The molecule has 1 aromatic rings. The van der Waals surface area contributed by atoms with Crippen molar-refractivity contribution in [2.45, 2.75) is 19.4 Å². The number of nitrogens with two attached hydrogens (primary N) is 1. The smallest absolute Gasteiger partial charge is 0.280 e. The average molecular weight is 227 g/mol. The van der Waals surface area contributed by atoms with E-state index in [0.29, 0.717) is 11.3 Å². The van der Waals surface area contributed by atoms with Crippen LogP contribution in [0.1, 0.15) is 23.2 Å². The molecular formula is C10H11F2N3O. The van der Waals surface area contributed by atoms with E-state index in [9.17, 15) is 8.78 Å². The third kappa shape index (κ3) is 2.25. The summed E-state index contributed by atoms with van der Waals surface area (Å²) in [5.74, 6) is 0.311. The summed E-state index contributed by atoms with van der Waals surface area (Å²) < 4.78 is 30.2. The molecular weight excluding hydrogens is 216 g/mol. The lowest BCUT2D eigenvalue weighted by molar-refractivity contribution is 0.144. The van der Waals surface area contributed by atoms with Crippen molar-refractivity contribution in [1.82, 2.24) is 4.98 Å². The first kappa shape index (κ1) is 12.3. The number of nitriles is 1. The molecule has 16 heavy (non-hydrogen) atoms. The van der Waals surface area contributed by atoms with Gasteiger partial charge in [-0.05, 0) is 0 Å². The molecule has 2 N–H and O–H groups in total. The Kier molecular flexibility index (Phi) is 4.14. The largest absolute Gasteiger partial charge is 0.495 e. The fourth-order valence-electron chi connectivity index (χ4n) is 1.45. The van der Waals surface area contributed by atoms with E-state index in [-0.39, 0.29) is 24.2 Å². The normalized spacial score (nSPS) is 10.2. The van der Waals surface area contributed by atoms with E-state index in [0.717, 1.165) is 0 Å². The summed E-state index contributed by atoms with van der Waals surface area (Å²) in [6, 6.07) is 1.89. The number of methoxy groups -OCH3 is 1. The lowest BCUT2D eigenvalue weighted by atomic mass is 10.0. The first-order chi connectivity index (χ1) is 7.65. The Hall–Kier alpha value is -1.74. The van der Waals surface area contributed by atoms with E-state index < -0.39 is 6.43 Å². The number of rotatable bonds is 4. The van der Waals surface area contributed by atoms with E-state index in [4.69, 9.17) is 15.7 Å². The average Bonchev–Trinajstić information content (AvgIpc) is 2.28.